The van der Waals surface area contributed by atoms with Gasteiger partial charge in [0.05, 0.1) is 0 Å². The zero-order chi connectivity index (χ0) is 15.1. The Morgan fingerprint density at radius 1 is 1.24 bits per heavy atom. The van der Waals surface area contributed by atoms with E-state index in [0.717, 1.165) is 31.3 Å². The monoisotopic (exact) mass is 291 g/mol. The quantitative estimate of drug-likeness (QED) is 0.927. The fourth-order valence-corrected chi connectivity index (χ4v) is 2.60. The van der Waals surface area contributed by atoms with Crippen LogP contribution in [0.15, 0.2) is 18.2 Å². The van der Waals surface area contributed by atoms with E-state index in [9.17, 15) is 8.78 Å². The Morgan fingerprint density at radius 2 is 1.86 bits per heavy atom. The third-order valence-corrected chi connectivity index (χ3v) is 3.66. The van der Waals surface area contributed by atoms with Crippen LogP contribution in [0.5, 0.6) is 0 Å². The van der Waals surface area contributed by atoms with Crippen molar-refractivity contribution in [3.63, 3.8) is 0 Å². The molecule has 21 heavy (non-hydrogen) atoms. The maximum absolute atomic E-state index is 13.4. The minimum absolute atomic E-state index is 0.398. The molecule has 3 rings (SSSR count). The van der Waals surface area contributed by atoms with Crippen LogP contribution in [-0.2, 0) is 6.54 Å². The number of imidazole rings is 1. The van der Waals surface area contributed by atoms with Gasteiger partial charge < -0.3 is 10.3 Å². The Balaban J connectivity index is 2.10. The summed E-state index contributed by atoms with van der Waals surface area (Å²) in [6.45, 7) is 4.98. The zero-order valence-electron chi connectivity index (χ0n) is 12.2. The van der Waals surface area contributed by atoms with Crippen LogP contribution >= 0.6 is 0 Å². The Hall–Kier alpha value is -1.91. The van der Waals surface area contributed by atoms with E-state index in [0.29, 0.717) is 28.9 Å². The molecule has 0 spiro atoms. The van der Waals surface area contributed by atoms with Gasteiger partial charge in [0.25, 0.3) is 0 Å². The second-order valence-corrected chi connectivity index (χ2v) is 6.14. The summed E-state index contributed by atoms with van der Waals surface area (Å²) in [6.07, 6.45) is 2.21. The molecule has 0 unspecified atom stereocenters. The lowest BCUT2D eigenvalue weighted by molar-refractivity contribution is 0.512. The van der Waals surface area contributed by atoms with Gasteiger partial charge in [0.15, 0.2) is 0 Å². The lowest BCUT2D eigenvalue weighted by Crippen LogP contribution is -2.11. The molecular formula is C16H19F2N3. The molecule has 1 aliphatic rings. The number of nitrogens with zero attached hydrogens (tertiary/aromatic N) is 2. The largest absolute Gasteiger partial charge is 0.383 e. The predicted octanol–water partition coefficient (Wildman–Crippen LogP) is 3.94. The molecule has 0 amide bonds. The van der Waals surface area contributed by atoms with Crippen molar-refractivity contribution in [1.29, 1.82) is 0 Å². The summed E-state index contributed by atoms with van der Waals surface area (Å²) in [4.78, 5) is 4.58. The van der Waals surface area contributed by atoms with E-state index in [2.05, 4.69) is 18.8 Å². The van der Waals surface area contributed by atoms with Crippen LogP contribution in [0.2, 0.25) is 0 Å². The molecule has 0 atom stereocenters. The summed E-state index contributed by atoms with van der Waals surface area (Å²) in [6, 6.07) is 3.41. The highest BCUT2D eigenvalue weighted by Gasteiger charge is 2.31. The molecule has 0 radical (unpaired) electrons. The summed E-state index contributed by atoms with van der Waals surface area (Å²) in [5, 5.41) is 0. The van der Waals surface area contributed by atoms with Crippen molar-refractivity contribution in [3.05, 3.63) is 35.7 Å². The molecule has 112 valence electrons. The Labute approximate surface area is 122 Å². The molecule has 5 heteroatoms. The van der Waals surface area contributed by atoms with Gasteiger partial charge >= 0.3 is 0 Å². The Bertz CT molecular complexity index is 652. The van der Waals surface area contributed by atoms with Gasteiger partial charge in [-0.25, -0.2) is 13.8 Å². The summed E-state index contributed by atoms with van der Waals surface area (Å²) in [7, 11) is 0. The lowest BCUT2D eigenvalue weighted by Gasteiger charge is -2.11. The number of nitrogens with two attached hydrogens (primary N) is 1. The first-order chi connectivity index (χ1) is 9.95. The van der Waals surface area contributed by atoms with E-state index < -0.39 is 11.6 Å². The van der Waals surface area contributed by atoms with Gasteiger partial charge in [-0.3, -0.25) is 0 Å². The number of halogens is 2. The number of anilines is 1. The van der Waals surface area contributed by atoms with Crippen molar-refractivity contribution >= 4 is 5.82 Å². The molecule has 3 nitrogen and oxygen atoms in total. The van der Waals surface area contributed by atoms with Gasteiger partial charge in [0, 0.05) is 24.1 Å². The van der Waals surface area contributed by atoms with Crippen LogP contribution in [-0.4, -0.2) is 9.55 Å². The molecule has 0 saturated heterocycles. The number of rotatable bonds is 4. The Morgan fingerprint density at radius 3 is 2.38 bits per heavy atom. The molecular weight excluding hydrogens is 272 g/mol. The maximum Gasteiger partial charge on any atom is 0.131 e. The topological polar surface area (TPSA) is 43.8 Å². The van der Waals surface area contributed by atoms with E-state index in [4.69, 9.17) is 5.73 Å². The smallest absolute Gasteiger partial charge is 0.131 e. The normalized spacial score (nSPS) is 14.9. The number of benzene rings is 1. The molecule has 1 saturated carbocycles. The zero-order valence-corrected chi connectivity index (χ0v) is 12.2. The first-order valence-electron chi connectivity index (χ1n) is 7.28. The Kier molecular flexibility index (Phi) is 3.43. The second kappa shape index (κ2) is 5.13. The first kappa shape index (κ1) is 14.0. The van der Waals surface area contributed by atoms with Crippen molar-refractivity contribution in [2.75, 3.05) is 5.73 Å². The molecule has 1 aromatic heterocycles. The fourth-order valence-electron chi connectivity index (χ4n) is 2.60. The summed E-state index contributed by atoms with van der Waals surface area (Å²) >= 11 is 0. The molecule has 0 aliphatic heterocycles. The highest BCUT2D eigenvalue weighted by Crippen LogP contribution is 2.42. The molecule has 1 aliphatic carbocycles. The fraction of sp³-hybridized carbons (Fsp3) is 0.438. The molecule has 1 fully saturated rings. The van der Waals surface area contributed by atoms with Crippen molar-refractivity contribution < 1.29 is 8.78 Å². The highest BCUT2D eigenvalue weighted by atomic mass is 19.1. The van der Waals surface area contributed by atoms with E-state index in [1.165, 1.54) is 12.1 Å². The lowest BCUT2D eigenvalue weighted by atomic mass is 10.1. The first-order valence-corrected chi connectivity index (χ1v) is 7.28. The van der Waals surface area contributed by atoms with Crippen LogP contribution in [0.25, 0.3) is 11.3 Å². The van der Waals surface area contributed by atoms with E-state index in [1.807, 2.05) is 4.57 Å². The van der Waals surface area contributed by atoms with Crippen LogP contribution in [0.1, 0.15) is 38.4 Å². The van der Waals surface area contributed by atoms with Crippen molar-refractivity contribution in [1.82, 2.24) is 9.55 Å². The number of nitrogen functional groups attached to an aromatic ring is 1. The molecule has 2 N–H and O–H groups in total. The van der Waals surface area contributed by atoms with Gasteiger partial charge in [0.2, 0.25) is 0 Å². The van der Waals surface area contributed by atoms with Crippen LogP contribution in [0.4, 0.5) is 14.6 Å². The standard InChI is InChI=1S/C16H19F2N3/c1-9(2)8-21-15(19)14(20-16(21)10-3-4-10)11-5-12(17)7-13(18)6-11/h5-7,9-10H,3-4,8,19H2,1-2H3. The van der Waals surface area contributed by atoms with Crippen molar-refractivity contribution in [2.45, 2.75) is 39.2 Å². The number of hydrogen-bond donors (Lipinski definition) is 1. The van der Waals surface area contributed by atoms with Crippen LogP contribution in [0, 0.1) is 17.6 Å². The molecule has 1 heterocycles. The maximum atomic E-state index is 13.4. The van der Waals surface area contributed by atoms with Crippen LogP contribution < -0.4 is 5.73 Å². The second-order valence-electron chi connectivity index (χ2n) is 6.14. The average Bonchev–Trinajstić information content (AvgIpc) is 3.16. The minimum atomic E-state index is -0.615. The van der Waals surface area contributed by atoms with Gasteiger partial charge in [-0.05, 0) is 30.9 Å². The van der Waals surface area contributed by atoms with Gasteiger partial charge in [-0.15, -0.1) is 0 Å². The SMILES string of the molecule is CC(C)Cn1c(C2CC2)nc(-c2cc(F)cc(F)c2)c1N. The molecule has 1 aromatic carbocycles. The average molecular weight is 291 g/mol. The minimum Gasteiger partial charge on any atom is -0.383 e. The molecule has 2 aromatic rings. The van der Waals surface area contributed by atoms with Gasteiger partial charge in [-0.1, -0.05) is 13.8 Å². The summed E-state index contributed by atoms with van der Waals surface area (Å²) in [5.74, 6) is 1.07. The summed E-state index contributed by atoms with van der Waals surface area (Å²) in [5.41, 5.74) is 7.09. The van der Waals surface area contributed by atoms with Crippen molar-refractivity contribution in [3.8, 4) is 11.3 Å². The predicted molar refractivity (Wildman–Crippen MR) is 78.8 cm³/mol. The van der Waals surface area contributed by atoms with Gasteiger partial charge in [-0.2, -0.15) is 0 Å². The van der Waals surface area contributed by atoms with Gasteiger partial charge in [0.1, 0.15) is 29.0 Å². The molecule has 0 bridgehead atoms. The van der Waals surface area contributed by atoms with E-state index >= 15 is 0 Å². The number of aromatic nitrogens is 2. The highest BCUT2D eigenvalue weighted by molar-refractivity contribution is 5.71. The van der Waals surface area contributed by atoms with E-state index in [1.54, 1.807) is 0 Å². The third-order valence-electron chi connectivity index (χ3n) is 3.66. The third kappa shape index (κ3) is 2.77. The summed E-state index contributed by atoms with van der Waals surface area (Å²) < 4.78 is 28.8. The number of hydrogen-bond acceptors (Lipinski definition) is 2. The van der Waals surface area contributed by atoms with Crippen molar-refractivity contribution in [2.24, 2.45) is 5.92 Å². The van der Waals surface area contributed by atoms with E-state index in [-0.39, 0.29) is 0 Å². The van der Waals surface area contributed by atoms with Crippen LogP contribution in [0.3, 0.4) is 0 Å².